The van der Waals surface area contributed by atoms with E-state index in [0.717, 1.165) is 12.4 Å². The number of pyridine rings is 1. The number of oxime groups is 1. The summed E-state index contributed by atoms with van der Waals surface area (Å²) in [5, 5.41) is 12.3. The van der Waals surface area contributed by atoms with Gasteiger partial charge in [-0.25, -0.2) is 0 Å². The summed E-state index contributed by atoms with van der Waals surface area (Å²) in [6, 6.07) is 0.686. The van der Waals surface area contributed by atoms with Gasteiger partial charge in [-0.05, 0) is 6.07 Å². The molecule has 86 valence electrons. The molecule has 2 N–H and O–H groups in total. The van der Waals surface area contributed by atoms with E-state index in [0.29, 0.717) is 12.4 Å². The highest BCUT2D eigenvalue weighted by atomic mass is 19.4. The van der Waals surface area contributed by atoms with E-state index < -0.39 is 23.2 Å². The summed E-state index contributed by atoms with van der Waals surface area (Å²) in [7, 11) is 0. The maximum absolute atomic E-state index is 12.4. The van der Waals surface area contributed by atoms with Crippen LogP contribution in [0.25, 0.3) is 0 Å². The topological polar surface area (TPSA) is 74.6 Å². The monoisotopic (exact) mass is 233 g/mol. The zero-order chi connectivity index (χ0) is 12.2. The fourth-order valence-electron chi connectivity index (χ4n) is 0.988. The Hall–Kier alpha value is -2.12. The lowest BCUT2D eigenvalue weighted by Gasteiger charge is -2.10. The second kappa shape index (κ2) is 4.60. The highest BCUT2D eigenvalue weighted by molar-refractivity contribution is 6.01. The van der Waals surface area contributed by atoms with Gasteiger partial charge in [0.15, 0.2) is 0 Å². The van der Waals surface area contributed by atoms with Gasteiger partial charge in [-0.3, -0.25) is 9.78 Å². The molecule has 0 unspecified atom stereocenters. The second-order valence-electron chi connectivity index (χ2n) is 2.64. The van der Waals surface area contributed by atoms with E-state index in [4.69, 9.17) is 5.21 Å². The Balaban J connectivity index is 3.09. The first-order chi connectivity index (χ1) is 7.46. The van der Waals surface area contributed by atoms with E-state index in [9.17, 15) is 18.0 Å². The van der Waals surface area contributed by atoms with E-state index in [2.05, 4.69) is 10.1 Å². The van der Waals surface area contributed by atoms with Gasteiger partial charge >= 0.3 is 6.18 Å². The van der Waals surface area contributed by atoms with Gasteiger partial charge in [0.25, 0.3) is 5.91 Å². The Morgan fingerprint density at radius 1 is 1.56 bits per heavy atom. The van der Waals surface area contributed by atoms with Crippen molar-refractivity contribution in [2.45, 2.75) is 6.18 Å². The Morgan fingerprint density at radius 2 is 2.25 bits per heavy atom. The number of alkyl halides is 3. The summed E-state index contributed by atoms with van der Waals surface area (Å²) in [6.45, 7) is 0. The number of hydrogen-bond donors (Lipinski definition) is 2. The van der Waals surface area contributed by atoms with Crippen LogP contribution in [0.3, 0.4) is 0 Å². The molecule has 0 saturated heterocycles. The summed E-state index contributed by atoms with van der Waals surface area (Å²) >= 11 is 0. The van der Waals surface area contributed by atoms with Crippen LogP contribution in [0, 0.1) is 0 Å². The second-order valence-corrected chi connectivity index (χ2v) is 2.64. The molecule has 0 aliphatic carbocycles. The molecule has 0 radical (unpaired) electrons. The highest BCUT2D eigenvalue weighted by Crippen LogP contribution is 2.31. The maximum Gasteiger partial charge on any atom is 0.417 e. The van der Waals surface area contributed by atoms with E-state index in [1.807, 2.05) is 5.32 Å². The first-order valence-electron chi connectivity index (χ1n) is 3.95. The first-order valence-corrected chi connectivity index (χ1v) is 3.95. The number of hydrogen-bond acceptors (Lipinski definition) is 4. The minimum Gasteiger partial charge on any atom is -0.410 e. The number of carbonyl (C=O) groups is 1. The van der Waals surface area contributed by atoms with Crippen molar-refractivity contribution < 1.29 is 23.2 Å². The summed E-state index contributed by atoms with van der Waals surface area (Å²) in [5.41, 5.74) is -1.75. The van der Waals surface area contributed by atoms with Crippen LogP contribution in [-0.2, 0) is 6.18 Å². The third-order valence-corrected chi connectivity index (χ3v) is 1.62. The van der Waals surface area contributed by atoms with Crippen molar-refractivity contribution in [1.82, 2.24) is 10.3 Å². The molecule has 0 aliphatic heterocycles. The number of nitrogens with zero attached hydrogens (tertiary/aromatic N) is 2. The van der Waals surface area contributed by atoms with Crippen LogP contribution >= 0.6 is 0 Å². The lowest BCUT2D eigenvalue weighted by atomic mass is 10.1. The molecule has 0 aliphatic rings. The molecule has 0 saturated carbocycles. The number of rotatable bonds is 2. The lowest BCUT2D eigenvalue weighted by Crippen LogP contribution is -2.25. The molecule has 1 rings (SSSR count). The standard InChI is InChI=1S/C8H6F3N3O2/c9-8(10,11)6-1-2-12-3-5(6)7(15)13-4-14-16/h1-4,16H,(H,13,14,15). The molecular weight excluding hydrogens is 227 g/mol. The van der Waals surface area contributed by atoms with E-state index in [1.54, 1.807) is 0 Å². The highest BCUT2D eigenvalue weighted by Gasteiger charge is 2.35. The molecule has 0 atom stereocenters. The van der Waals surface area contributed by atoms with Gasteiger partial charge in [0.1, 0.15) is 6.34 Å². The number of nitrogens with one attached hydrogen (secondary N) is 1. The molecule has 0 aromatic carbocycles. The fourth-order valence-corrected chi connectivity index (χ4v) is 0.988. The number of carbonyl (C=O) groups excluding carboxylic acids is 1. The zero-order valence-corrected chi connectivity index (χ0v) is 7.69. The molecule has 1 heterocycles. The Bertz CT molecular complexity index is 417. The molecular formula is C8H6F3N3O2. The van der Waals surface area contributed by atoms with Crippen molar-refractivity contribution in [3.05, 3.63) is 29.6 Å². The van der Waals surface area contributed by atoms with Gasteiger partial charge < -0.3 is 10.5 Å². The van der Waals surface area contributed by atoms with Gasteiger partial charge in [-0.2, -0.15) is 13.2 Å². The van der Waals surface area contributed by atoms with Crippen LogP contribution in [0.15, 0.2) is 23.6 Å². The zero-order valence-electron chi connectivity index (χ0n) is 7.69. The molecule has 0 bridgehead atoms. The summed E-state index contributed by atoms with van der Waals surface area (Å²) in [6.07, 6.45) is -2.37. The molecule has 0 fully saturated rings. The van der Waals surface area contributed by atoms with Gasteiger partial charge in [0, 0.05) is 12.4 Å². The van der Waals surface area contributed by atoms with Crippen LogP contribution in [-0.4, -0.2) is 22.4 Å². The molecule has 1 amide bonds. The van der Waals surface area contributed by atoms with Gasteiger partial charge in [0.2, 0.25) is 0 Å². The van der Waals surface area contributed by atoms with E-state index in [1.165, 1.54) is 0 Å². The number of aromatic nitrogens is 1. The third kappa shape index (κ3) is 2.69. The largest absolute Gasteiger partial charge is 0.417 e. The average Bonchev–Trinajstić information content (AvgIpc) is 2.24. The average molecular weight is 233 g/mol. The number of amides is 1. The molecule has 1 aromatic heterocycles. The van der Waals surface area contributed by atoms with Crippen LogP contribution in [0.5, 0.6) is 0 Å². The van der Waals surface area contributed by atoms with E-state index in [-0.39, 0.29) is 0 Å². The maximum atomic E-state index is 12.4. The third-order valence-electron chi connectivity index (χ3n) is 1.62. The van der Waals surface area contributed by atoms with Crippen LogP contribution in [0.4, 0.5) is 13.2 Å². The minimum atomic E-state index is -4.65. The molecule has 1 aromatic rings. The van der Waals surface area contributed by atoms with Gasteiger partial charge in [-0.15, -0.1) is 0 Å². The minimum absolute atomic E-state index is 0.565. The van der Waals surface area contributed by atoms with Crippen molar-refractivity contribution in [1.29, 1.82) is 0 Å². The van der Waals surface area contributed by atoms with E-state index >= 15 is 0 Å². The van der Waals surface area contributed by atoms with Gasteiger partial charge in [0.05, 0.1) is 11.1 Å². The van der Waals surface area contributed by atoms with Crippen molar-refractivity contribution in [2.75, 3.05) is 0 Å². The molecule has 8 heteroatoms. The molecule has 16 heavy (non-hydrogen) atoms. The van der Waals surface area contributed by atoms with Crippen LogP contribution in [0.1, 0.15) is 15.9 Å². The fraction of sp³-hybridized carbons (Fsp3) is 0.125. The van der Waals surface area contributed by atoms with Crippen molar-refractivity contribution >= 4 is 12.2 Å². The quantitative estimate of drug-likeness (QED) is 0.349. The smallest absolute Gasteiger partial charge is 0.410 e. The Kier molecular flexibility index (Phi) is 3.44. The van der Waals surface area contributed by atoms with Crippen molar-refractivity contribution in [3.63, 3.8) is 0 Å². The number of halogens is 3. The summed E-state index contributed by atoms with van der Waals surface area (Å²) < 4.78 is 37.3. The molecule has 0 spiro atoms. The van der Waals surface area contributed by atoms with Crippen LogP contribution < -0.4 is 5.32 Å². The first kappa shape index (κ1) is 12.0. The predicted octanol–water partition coefficient (Wildman–Crippen LogP) is 1.25. The Labute approximate surface area is 87.6 Å². The van der Waals surface area contributed by atoms with Crippen molar-refractivity contribution in [3.8, 4) is 0 Å². The van der Waals surface area contributed by atoms with Gasteiger partial charge in [-0.1, -0.05) is 5.16 Å². The SMILES string of the molecule is O=C(NC=NO)c1cnccc1C(F)(F)F. The predicted molar refractivity (Wildman–Crippen MR) is 47.0 cm³/mol. The van der Waals surface area contributed by atoms with Crippen LogP contribution in [0.2, 0.25) is 0 Å². The lowest BCUT2D eigenvalue weighted by molar-refractivity contribution is -0.138. The Morgan fingerprint density at radius 3 is 2.81 bits per heavy atom. The summed E-state index contributed by atoms with van der Waals surface area (Å²) in [5.74, 6) is -1.06. The van der Waals surface area contributed by atoms with Crippen molar-refractivity contribution in [2.24, 2.45) is 5.16 Å². The normalized spacial score (nSPS) is 11.7. The summed E-state index contributed by atoms with van der Waals surface area (Å²) in [4.78, 5) is 14.6. The molecule has 5 nitrogen and oxygen atoms in total.